The number of nitrogens with one attached hydrogen (secondary N) is 1. The van der Waals surface area contributed by atoms with E-state index in [9.17, 15) is 9.59 Å². The highest BCUT2D eigenvalue weighted by Crippen LogP contribution is 2.35. The molecule has 2 heterocycles. The smallest absolute Gasteiger partial charge is 0.246 e. The molecule has 24 heavy (non-hydrogen) atoms. The Hall–Kier alpha value is -2.08. The van der Waals surface area contributed by atoms with Crippen molar-refractivity contribution in [3.63, 3.8) is 0 Å². The lowest BCUT2D eigenvalue weighted by Gasteiger charge is -2.44. The number of hydrogen-bond donors (Lipinski definition) is 1. The third-order valence-corrected chi connectivity index (χ3v) is 5.07. The van der Waals surface area contributed by atoms with Crippen LogP contribution in [0.15, 0.2) is 29.3 Å². The molecule has 0 radical (unpaired) electrons. The third-order valence-electron chi connectivity index (χ3n) is 4.75. The fraction of sp³-hybridized carbons (Fsp3) is 0.471. The van der Waals surface area contributed by atoms with E-state index < -0.39 is 5.41 Å². The molecule has 0 aliphatic carbocycles. The minimum Gasteiger partial charge on any atom is -0.332 e. The molecule has 1 fully saturated rings. The number of rotatable bonds is 4. The van der Waals surface area contributed by atoms with Crippen LogP contribution in [-0.2, 0) is 9.59 Å². The number of benzene rings is 1. The second-order valence-corrected chi connectivity index (χ2v) is 6.54. The number of hydrogen-bond acceptors (Lipinski definition) is 4. The molecule has 3 rings (SSSR count). The van der Waals surface area contributed by atoms with Crippen molar-refractivity contribution in [3.05, 3.63) is 29.3 Å². The van der Waals surface area contributed by atoms with Crippen LogP contribution in [0.4, 0.5) is 5.69 Å². The van der Waals surface area contributed by atoms with E-state index in [0.717, 1.165) is 12.1 Å². The van der Waals surface area contributed by atoms with E-state index in [2.05, 4.69) is 10.3 Å². The van der Waals surface area contributed by atoms with E-state index in [-0.39, 0.29) is 11.8 Å². The average Bonchev–Trinajstić information content (AvgIpc) is 2.59. The maximum Gasteiger partial charge on any atom is 0.246 e. The summed E-state index contributed by atoms with van der Waals surface area (Å²) in [4.78, 5) is 33.5. The normalized spacial score (nSPS) is 23.7. The monoisotopic (exact) mass is 348 g/mol. The number of carbonyl (C=O) groups excluding carboxylic acids is 2. The van der Waals surface area contributed by atoms with Gasteiger partial charge in [0.25, 0.3) is 0 Å². The summed E-state index contributed by atoms with van der Waals surface area (Å²) in [7, 11) is 0. The van der Waals surface area contributed by atoms with Gasteiger partial charge in [-0.1, -0.05) is 44.0 Å². The van der Waals surface area contributed by atoms with Gasteiger partial charge >= 0.3 is 0 Å². The van der Waals surface area contributed by atoms with Crippen LogP contribution in [0.5, 0.6) is 0 Å². The summed E-state index contributed by atoms with van der Waals surface area (Å²) in [6.45, 7) is 4.53. The van der Waals surface area contributed by atoms with Crippen LogP contribution in [0.25, 0.3) is 0 Å². The Labute approximate surface area is 146 Å². The maximum absolute atomic E-state index is 13.1. The zero-order chi connectivity index (χ0) is 17.3. The molecule has 1 N–H and O–H groups in total. The van der Waals surface area contributed by atoms with Crippen LogP contribution in [0, 0.1) is 5.41 Å². The number of nitrogens with zero attached hydrogens (tertiary/aromatic N) is 3. The number of anilines is 1. The number of fused-ring (bicyclic) bond motifs is 1. The fourth-order valence-corrected chi connectivity index (χ4v) is 3.62. The van der Waals surface area contributed by atoms with Gasteiger partial charge in [-0.25, -0.2) is 4.99 Å². The second kappa shape index (κ2) is 6.43. The largest absolute Gasteiger partial charge is 0.332 e. The van der Waals surface area contributed by atoms with Gasteiger partial charge in [0.15, 0.2) is 0 Å². The molecule has 1 saturated heterocycles. The summed E-state index contributed by atoms with van der Waals surface area (Å²) in [6, 6.07) is 7.46. The molecule has 1 unspecified atom stereocenters. The standard InChI is InChI=1S/C17H21ClN4O2/c1-3-9-17(4-2)14(23)20-16-19-10-21(11-22(16)15(17)24)13-8-6-5-7-12(13)18/h5-8H,3-4,9-11H2,1-2H3,(H,19,20,23). The lowest BCUT2D eigenvalue weighted by Crippen LogP contribution is -2.67. The van der Waals surface area contributed by atoms with Crippen molar-refractivity contribution >= 4 is 35.1 Å². The fourth-order valence-electron chi connectivity index (χ4n) is 3.36. The molecule has 0 spiro atoms. The molecule has 2 aliphatic rings. The lowest BCUT2D eigenvalue weighted by molar-refractivity contribution is -0.151. The van der Waals surface area contributed by atoms with E-state index in [0.29, 0.717) is 37.2 Å². The molecule has 1 aromatic carbocycles. The first kappa shape index (κ1) is 16.8. The number of halogens is 1. The molecule has 2 amide bonds. The zero-order valence-electron chi connectivity index (χ0n) is 13.9. The van der Waals surface area contributed by atoms with E-state index in [1.807, 2.05) is 43.0 Å². The highest BCUT2D eigenvalue weighted by molar-refractivity contribution is 6.33. The second-order valence-electron chi connectivity index (χ2n) is 6.13. The summed E-state index contributed by atoms with van der Waals surface area (Å²) in [5.74, 6) is -0.0716. The molecule has 0 bridgehead atoms. The van der Waals surface area contributed by atoms with Gasteiger partial charge < -0.3 is 4.90 Å². The molecule has 6 nitrogen and oxygen atoms in total. The molecule has 0 saturated carbocycles. The Morgan fingerprint density at radius 3 is 2.71 bits per heavy atom. The summed E-state index contributed by atoms with van der Waals surface area (Å²) in [6.07, 6.45) is 1.77. The van der Waals surface area contributed by atoms with Crippen LogP contribution < -0.4 is 10.2 Å². The van der Waals surface area contributed by atoms with Crippen molar-refractivity contribution in [2.24, 2.45) is 10.4 Å². The number of aliphatic imine (C=N–C) groups is 1. The molecule has 0 aromatic heterocycles. The highest BCUT2D eigenvalue weighted by Gasteiger charge is 2.52. The van der Waals surface area contributed by atoms with Crippen LogP contribution >= 0.6 is 11.6 Å². The van der Waals surface area contributed by atoms with Gasteiger partial charge in [0.1, 0.15) is 18.8 Å². The van der Waals surface area contributed by atoms with Crippen LogP contribution in [0.2, 0.25) is 5.02 Å². The van der Waals surface area contributed by atoms with Crippen molar-refractivity contribution in [1.82, 2.24) is 10.2 Å². The van der Waals surface area contributed by atoms with E-state index >= 15 is 0 Å². The van der Waals surface area contributed by atoms with Crippen molar-refractivity contribution in [3.8, 4) is 0 Å². The highest BCUT2D eigenvalue weighted by atomic mass is 35.5. The van der Waals surface area contributed by atoms with Gasteiger partial charge in [0.05, 0.1) is 10.7 Å². The molecule has 7 heteroatoms. The first-order chi connectivity index (χ1) is 11.5. The minimum absolute atomic E-state index is 0.175. The molecule has 1 aromatic rings. The average molecular weight is 349 g/mol. The van der Waals surface area contributed by atoms with E-state index in [4.69, 9.17) is 11.6 Å². The van der Waals surface area contributed by atoms with Crippen molar-refractivity contribution in [1.29, 1.82) is 0 Å². The molecule has 2 aliphatic heterocycles. The van der Waals surface area contributed by atoms with Crippen LogP contribution in [-0.4, -0.2) is 36.0 Å². The molecular weight excluding hydrogens is 328 g/mol. The predicted octanol–water partition coefficient (Wildman–Crippen LogP) is 2.59. The molecule has 128 valence electrons. The van der Waals surface area contributed by atoms with Gasteiger partial charge in [0.2, 0.25) is 17.8 Å². The predicted molar refractivity (Wildman–Crippen MR) is 93.7 cm³/mol. The first-order valence-electron chi connectivity index (χ1n) is 8.21. The Kier molecular flexibility index (Phi) is 4.49. The summed E-state index contributed by atoms with van der Waals surface area (Å²) in [5, 5.41) is 3.43. The summed E-state index contributed by atoms with van der Waals surface area (Å²) in [5.41, 5.74) is -0.179. The Morgan fingerprint density at radius 1 is 1.29 bits per heavy atom. The Bertz CT molecular complexity index is 706. The van der Waals surface area contributed by atoms with Crippen molar-refractivity contribution in [2.45, 2.75) is 33.1 Å². The molecular formula is C17H21ClN4O2. The van der Waals surface area contributed by atoms with Gasteiger partial charge in [-0.05, 0) is 25.0 Å². The number of amides is 2. The van der Waals surface area contributed by atoms with Crippen molar-refractivity contribution < 1.29 is 9.59 Å². The number of carbonyl (C=O) groups is 2. The van der Waals surface area contributed by atoms with Gasteiger partial charge in [-0.2, -0.15) is 0 Å². The SMILES string of the molecule is CCCC1(CC)C(=O)NC2=NCN(c3ccccc3Cl)CN2C1=O. The number of guanidine groups is 1. The summed E-state index contributed by atoms with van der Waals surface area (Å²) >= 11 is 6.26. The number of para-hydroxylation sites is 1. The van der Waals surface area contributed by atoms with Gasteiger partial charge in [-0.3, -0.25) is 19.8 Å². The quantitative estimate of drug-likeness (QED) is 0.850. The van der Waals surface area contributed by atoms with Crippen LogP contribution in [0.3, 0.4) is 0 Å². The first-order valence-corrected chi connectivity index (χ1v) is 8.58. The lowest BCUT2D eigenvalue weighted by atomic mass is 9.77. The Morgan fingerprint density at radius 2 is 2.04 bits per heavy atom. The maximum atomic E-state index is 13.1. The van der Waals surface area contributed by atoms with E-state index in [1.165, 1.54) is 0 Å². The molecule has 1 atom stereocenters. The van der Waals surface area contributed by atoms with Crippen LogP contribution in [0.1, 0.15) is 33.1 Å². The van der Waals surface area contributed by atoms with Crippen molar-refractivity contribution in [2.75, 3.05) is 18.2 Å². The third kappa shape index (κ3) is 2.55. The van der Waals surface area contributed by atoms with E-state index in [1.54, 1.807) is 4.90 Å². The van der Waals surface area contributed by atoms with Gasteiger partial charge in [-0.15, -0.1) is 0 Å². The summed E-state index contributed by atoms with van der Waals surface area (Å²) < 4.78 is 0. The topological polar surface area (TPSA) is 65.0 Å². The minimum atomic E-state index is -1.00. The zero-order valence-corrected chi connectivity index (χ0v) is 14.6. The van der Waals surface area contributed by atoms with Gasteiger partial charge in [0, 0.05) is 0 Å². The Balaban J connectivity index is 1.93.